The molecule has 0 bridgehead atoms. The average Bonchev–Trinajstić information content (AvgIpc) is 2.91. The molecule has 0 spiro atoms. The van der Waals surface area contributed by atoms with Crippen molar-refractivity contribution in [2.75, 3.05) is 12.4 Å². The highest BCUT2D eigenvalue weighted by Gasteiger charge is 2.12. The van der Waals surface area contributed by atoms with E-state index in [-0.39, 0.29) is 6.61 Å². The standard InChI is InChI=1S/C14H20N4OS/c1-2-18-13(12-7-6-8-15-11-12)16-17-14(18)20-10-5-3-4-9-19/h6-8,11,19H,2-5,9-10H2,1H3. The van der Waals surface area contributed by atoms with Gasteiger partial charge in [-0.25, -0.2) is 0 Å². The molecule has 108 valence electrons. The van der Waals surface area contributed by atoms with Crippen LogP contribution in [0.2, 0.25) is 0 Å². The molecule has 0 radical (unpaired) electrons. The highest BCUT2D eigenvalue weighted by Crippen LogP contribution is 2.24. The molecule has 0 unspecified atom stereocenters. The molecule has 0 saturated carbocycles. The van der Waals surface area contributed by atoms with E-state index >= 15 is 0 Å². The average molecular weight is 292 g/mol. The summed E-state index contributed by atoms with van der Waals surface area (Å²) < 4.78 is 2.12. The van der Waals surface area contributed by atoms with Crippen molar-refractivity contribution in [2.24, 2.45) is 0 Å². The fraction of sp³-hybridized carbons (Fsp3) is 0.500. The van der Waals surface area contributed by atoms with Gasteiger partial charge in [0.25, 0.3) is 0 Å². The molecule has 0 fully saturated rings. The molecule has 6 heteroatoms. The molecule has 0 aliphatic heterocycles. The summed E-state index contributed by atoms with van der Waals surface area (Å²) in [5, 5.41) is 18.3. The molecule has 5 nitrogen and oxygen atoms in total. The number of hydrogen-bond donors (Lipinski definition) is 1. The fourth-order valence-electron chi connectivity index (χ4n) is 1.94. The second kappa shape index (κ2) is 8.01. The number of thioether (sulfide) groups is 1. The maximum absolute atomic E-state index is 8.75. The Morgan fingerprint density at radius 3 is 2.85 bits per heavy atom. The van der Waals surface area contributed by atoms with Gasteiger partial charge in [-0.15, -0.1) is 10.2 Å². The first kappa shape index (κ1) is 15.0. The number of pyridine rings is 1. The summed E-state index contributed by atoms with van der Waals surface area (Å²) in [6, 6.07) is 3.91. The minimum absolute atomic E-state index is 0.279. The highest BCUT2D eigenvalue weighted by molar-refractivity contribution is 7.99. The maximum atomic E-state index is 8.75. The Morgan fingerprint density at radius 1 is 1.25 bits per heavy atom. The van der Waals surface area contributed by atoms with Gasteiger partial charge in [0.2, 0.25) is 0 Å². The van der Waals surface area contributed by atoms with Crippen molar-refractivity contribution in [3.63, 3.8) is 0 Å². The fourth-order valence-corrected chi connectivity index (χ4v) is 2.94. The van der Waals surface area contributed by atoms with Crippen LogP contribution in [0.5, 0.6) is 0 Å². The maximum Gasteiger partial charge on any atom is 0.191 e. The van der Waals surface area contributed by atoms with Crippen LogP contribution in [0.15, 0.2) is 29.7 Å². The Hall–Kier alpha value is -1.40. The van der Waals surface area contributed by atoms with E-state index < -0.39 is 0 Å². The molecule has 0 aromatic carbocycles. The van der Waals surface area contributed by atoms with Crippen LogP contribution in [0.1, 0.15) is 26.2 Å². The Morgan fingerprint density at radius 2 is 2.15 bits per heavy atom. The number of aromatic nitrogens is 4. The molecule has 0 aliphatic rings. The topological polar surface area (TPSA) is 63.8 Å². The Bertz CT molecular complexity index is 515. The van der Waals surface area contributed by atoms with Crippen molar-refractivity contribution in [3.05, 3.63) is 24.5 Å². The molecule has 1 N–H and O–H groups in total. The summed E-state index contributed by atoms with van der Waals surface area (Å²) in [7, 11) is 0. The summed E-state index contributed by atoms with van der Waals surface area (Å²) in [6.45, 7) is 3.22. The van der Waals surface area contributed by atoms with Crippen LogP contribution in [-0.2, 0) is 6.54 Å². The largest absolute Gasteiger partial charge is 0.396 e. The Labute approximate surface area is 123 Å². The SMILES string of the molecule is CCn1c(SCCCCCO)nnc1-c1cccnc1. The monoisotopic (exact) mass is 292 g/mol. The van der Waals surface area contributed by atoms with E-state index in [1.165, 1.54) is 0 Å². The lowest BCUT2D eigenvalue weighted by atomic mass is 10.3. The molecule has 20 heavy (non-hydrogen) atoms. The van der Waals surface area contributed by atoms with Crippen LogP contribution in [0.3, 0.4) is 0 Å². The van der Waals surface area contributed by atoms with Crippen molar-refractivity contribution >= 4 is 11.8 Å². The van der Waals surface area contributed by atoms with Gasteiger partial charge in [0.1, 0.15) is 0 Å². The summed E-state index contributed by atoms with van der Waals surface area (Å²) in [5.41, 5.74) is 0.994. The molecule has 2 aromatic rings. The van der Waals surface area contributed by atoms with Gasteiger partial charge in [0.15, 0.2) is 11.0 Å². The quantitative estimate of drug-likeness (QED) is 0.598. The van der Waals surface area contributed by atoms with Crippen molar-refractivity contribution in [2.45, 2.75) is 37.9 Å². The first-order valence-corrected chi connectivity index (χ1v) is 7.92. The molecule has 2 aromatic heterocycles. The normalized spacial score (nSPS) is 10.9. The van der Waals surface area contributed by atoms with E-state index in [0.717, 1.165) is 48.1 Å². The minimum Gasteiger partial charge on any atom is -0.396 e. The van der Waals surface area contributed by atoms with Gasteiger partial charge in [0, 0.05) is 36.9 Å². The second-order valence-electron chi connectivity index (χ2n) is 4.42. The predicted octanol–water partition coefficient (Wildman–Crippen LogP) is 2.61. The predicted molar refractivity (Wildman–Crippen MR) is 80.6 cm³/mol. The number of aliphatic hydroxyl groups is 1. The first-order valence-electron chi connectivity index (χ1n) is 6.94. The Kier molecular flexibility index (Phi) is 6.01. The van der Waals surface area contributed by atoms with E-state index in [1.54, 1.807) is 18.0 Å². The zero-order valence-corrected chi connectivity index (χ0v) is 12.5. The third-order valence-electron chi connectivity index (χ3n) is 2.99. The zero-order chi connectivity index (χ0) is 14.2. The van der Waals surface area contributed by atoms with Crippen LogP contribution in [-0.4, -0.2) is 37.2 Å². The molecule has 2 rings (SSSR count). The van der Waals surface area contributed by atoms with E-state index in [9.17, 15) is 0 Å². The van der Waals surface area contributed by atoms with Crippen LogP contribution < -0.4 is 0 Å². The summed E-state index contributed by atoms with van der Waals surface area (Å²) >= 11 is 1.72. The second-order valence-corrected chi connectivity index (χ2v) is 5.49. The summed E-state index contributed by atoms with van der Waals surface area (Å²) in [6.07, 6.45) is 6.59. The molecule has 0 atom stereocenters. The van der Waals surface area contributed by atoms with E-state index in [2.05, 4.69) is 26.7 Å². The number of hydrogen-bond acceptors (Lipinski definition) is 5. The van der Waals surface area contributed by atoms with Gasteiger partial charge in [-0.3, -0.25) is 4.98 Å². The van der Waals surface area contributed by atoms with Crippen LogP contribution >= 0.6 is 11.8 Å². The number of rotatable bonds is 8. The lowest BCUT2D eigenvalue weighted by molar-refractivity contribution is 0.284. The third-order valence-corrected chi connectivity index (χ3v) is 4.04. The third kappa shape index (κ3) is 3.80. The smallest absolute Gasteiger partial charge is 0.191 e. The van der Waals surface area contributed by atoms with Gasteiger partial charge in [0.05, 0.1) is 0 Å². The number of unbranched alkanes of at least 4 members (excludes halogenated alkanes) is 2. The molecule has 0 saturated heterocycles. The van der Waals surface area contributed by atoms with Crippen LogP contribution in [0, 0.1) is 0 Å². The molecular formula is C14H20N4OS. The molecule has 0 aliphatic carbocycles. The van der Waals surface area contributed by atoms with Gasteiger partial charge < -0.3 is 9.67 Å². The lowest BCUT2D eigenvalue weighted by Gasteiger charge is -2.06. The number of nitrogens with zero attached hydrogens (tertiary/aromatic N) is 4. The van der Waals surface area contributed by atoms with Crippen molar-refractivity contribution in [3.8, 4) is 11.4 Å². The molecule has 2 heterocycles. The minimum atomic E-state index is 0.279. The van der Waals surface area contributed by atoms with Gasteiger partial charge >= 0.3 is 0 Å². The molecular weight excluding hydrogens is 272 g/mol. The van der Waals surface area contributed by atoms with Crippen molar-refractivity contribution in [1.29, 1.82) is 0 Å². The first-order chi connectivity index (χ1) is 9.86. The Balaban J connectivity index is 2.02. The van der Waals surface area contributed by atoms with Crippen LogP contribution in [0.4, 0.5) is 0 Å². The number of aliphatic hydroxyl groups excluding tert-OH is 1. The van der Waals surface area contributed by atoms with Crippen molar-refractivity contribution < 1.29 is 5.11 Å². The van der Waals surface area contributed by atoms with Crippen molar-refractivity contribution in [1.82, 2.24) is 19.7 Å². The molecule has 0 amide bonds. The van der Waals surface area contributed by atoms with Gasteiger partial charge in [-0.05, 0) is 31.9 Å². The van der Waals surface area contributed by atoms with Gasteiger partial charge in [-0.1, -0.05) is 18.2 Å². The van der Waals surface area contributed by atoms with E-state index in [0.29, 0.717) is 0 Å². The van der Waals surface area contributed by atoms with Gasteiger partial charge in [-0.2, -0.15) is 0 Å². The summed E-state index contributed by atoms with van der Waals surface area (Å²) in [4.78, 5) is 4.13. The zero-order valence-electron chi connectivity index (χ0n) is 11.7. The lowest BCUT2D eigenvalue weighted by Crippen LogP contribution is -2.00. The van der Waals surface area contributed by atoms with E-state index in [1.807, 2.05) is 18.3 Å². The van der Waals surface area contributed by atoms with Crippen LogP contribution in [0.25, 0.3) is 11.4 Å². The summed E-state index contributed by atoms with van der Waals surface area (Å²) in [5.74, 6) is 1.88. The van der Waals surface area contributed by atoms with E-state index in [4.69, 9.17) is 5.11 Å². The highest BCUT2D eigenvalue weighted by atomic mass is 32.2.